The van der Waals surface area contributed by atoms with Crippen LogP contribution in [-0.4, -0.2) is 48.8 Å². The van der Waals surface area contributed by atoms with E-state index < -0.39 is 0 Å². The lowest BCUT2D eigenvalue weighted by Crippen LogP contribution is -2.45. The lowest BCUT2D eigenvalue weighted by molar-refractivity contribution is 0.140. The normalized spacial score (nSPS) is 23.2. The summed E-state index contributed by atoms with van der Waals surface area (Å²) in [5.74, 6) is 0. The van der Waals surface area contributed by atoms with Gasteiger partial charge in [0.1, 0.15) is 0 Å². The quantitative estimate of drug-likeness (QED) is 0.626. The van der Waals surface area contributed by atoms with Gasteiger partial charge in [-0.25, -0.2) is 0 Å². The highest BCUT2D eigenvalue weighted by molar-refractivity contribution is 4.78. The molecule has 90 valence electrons. The van der Waals surface area contributed by atoms with Crippen molar-refractivity contribution in [3.63, 3.8) is 0 Å². The fourth-order valence-corrected chi connectivity index (χ4v) is 2.32. The number of rotatable bonds is 7. The van der Waals surface area contributed by atoms with Crippen LogP contribution in [0.1, 0.15) is 39.0 Å². The average Bonchev–Trinajstić information content (AvgIpc) is 2.28. The summed E-state index contributed by atoms with van der Waals surface area (Å²) in [6, 6.07) is 0.734. The number of likely N-dealkylation sites (N-methyl/N-ethyl adjacent to an activating group) is 1. The minimum Gasteiger partial charge on any atom is -0.396 e. The van der Waals surface area contributed by atoms with Gasteiger partial charge in [-0.2, -0.15) is 0 Å². The van der Waals surface area contributed by atoms with Gasteiger partial charge in [-0.05, 0) is 45.3 Å². The van der Waals surface area contributed by atoms with Crippen LogP contribution >= 0.6 is 0 Å². The highest BCUT2D eigenvalue weighted by Gasteiger charge is 2.20. The van der Waals surface area contributed by atoms with Crippen LogP contribution in [0.2, 0.25) is 0 Å². The summed E-state index contributed by atoms with van der Waals surface area (Å²) in [5.41, 5.74) is 0. The lowest BCUT2D eigenvalue weighted by Gasteiger charge is -2.35. The van der Waals surface area contributed by atoms with Crippen LogP contribution in [0.15, 0.2) is 0 Å². The number of nitrogens with one attached hydrogen (secondary N) is 1. The Morgan fingerprint density at radius 1 is 1.33 bits per heavy atom. The predicted molar refractivity (Wildman–Crippen MR) is 64.1 cm³/mol. The van der Waals surface area contributed by atoms with Crippen molar-refractivity contribution in [2.45, 2.75) is 45.1 Å². The van der Waals surface area contributed by atoms with Crippen molar-refractivity contribution in [2.24, 2.45) is 0 Å². The number of hydrogen-bond donors (Lipinski definition) is 2. The van der Waals surface area contributed by atoms with Crippen LogP contribution in [0, 0.1) is 0 Å². The van der Waals surface area contributed by atoms with Gasteiger partial charge in [-0.3, -0.25) is 4.90 Å². The average molecular weight is 214 g/mol. The van der Waals surface area contributed by atoms with Gasteiger partial charge in [0, 0.05) is 19.2 Å². The smallest absolute Gasteiger partial charge is 0.0431 e. The van der Waals surface area contributed by atoms with Crippen molar-refractivity contribution >= 4 is 0 Å². The van der Waals surface area contributed by atoms with Gasteiger partial charge < -0.3 is 10.4 Å². The molecule has 1 heterocycles. The Kier molecular flexibility index (Phi) is 6.98. The number of likely N-dealkylation sites (tertiary alicyclic amines) is 1. The van der Waals surface area contributed by atoms with E-state index in [0.717, 1.165) is 38.5 Å². The van der Waals surface area contributed by atoms with Crippen molar-refractivity contribution in [1.29, 1.82) is 0 Å². The van der Waals surface area contributed by atoms with Crippen molar-refractivity contribution in [2.75, 3.05) is 32.8 Å². The largest absolute Gasteiger partial charge is 0.396 e. The van der Waals surface area contributed by atoms with Gasteiger partial charge in [0.15, 0.2) is 0 Å². The van der Waals surface area contributed by atoms with E-state index in [9.17, 15) is 0 Å². The van der Waals surface area contributed by atoms with Crippen LogP contribution in [0.3, 0.4) is 0 Å². The molecule has 1 atom stereocenters. The molecular weight excluding hydrogens is 188 g/mol. The predicted octanol–water partition coefficient (Wildman–Crippen LogP) is 1.22. The SMILES string of the molecule is CCNCC1CCCCN1CCCCO. The van der Waals surface area contributed by atoms with Gasteiger partial charge in [-0.1, -0.05) is 13.3 Å². The van der Waals surface area contributed by atoms with Crippen LogP contribution in [-0.2, 0) is 0 Å². The number of aliphatic hydroxyl groups is 1. The fraction of sp³-hybridized carbons (Fsp3) is 1.00. The first-order chi connectivity index (χ1) is 7.38. The molecule has 1 rings (SSSR count). The Labute approximate surface area is 93.9 Å². The summed E-state index contributed by atoms with van der Waals surface area (Å²) in [6.07, 6.45) is 6.16. The molecule has 1 fully saturated rings. The second kappa shape index (κ2) is 8.08. The van der Waals surface area contributed by atoms with Crippen molar-refractivity contribution in [1.82, 2.24) is 10.2 Å². The van der Waals surface area contributed by atoms with Crippen LogP contribution in [0.25, 0.3) is 0 Å². The number of aliphatic hydroxyl groups excluding tert-OH is 1. The van der Waals surface area contributed by atoms with E-state index in [2.05, 4.69) is 17.1 Å². The van der Waals surface area contributed by atoms with Gasteiger partial charge >= 0.3 is 0 Å². The third-order valence-corrected chi connectivity index (χ3v) is 3.23. The Hall–Kier alpha value is -0.120. The van der Waals surface area contributed by atoms with E-state index in [0.29, 0.717) is 6.61 Å². The van der Waals surface area contributed by atoms with E-state index in [-0.39, 0.29) is 0 Å². The number of unbranched alkanes of at least 4 members (excludes halogenated alkanes) is 1. The van der Waals surface area contributed by atoms with Crippen molar-refractivity contribution < 1.29 is 5.11 Å². The van der Waals surface area contributed by atoms with Gasteiger partial charge in [0.25, 0.3) is 0 Å². The Morgan fingerprint density at radius 3 is 2.93 bits per heavy atom. The molecule has 0 amide bonds. The Balaban J connectivity index is 2.22. The first-order valence-corrected chi connectivity index (χ1v) is 6.44. The van der Waals surface area contributed by atoms with Crippen LogP contribution < -0.4 is 5.32 Å². The highest BCUT2D eigenvalue weighted by atomic mass is 16.2. The van der Waals surface area contributed by atoms with Crippen molar-refractivity contribution in [3.05, 3.63) is 0 Å². The minimum atomic E-state index is 0.339. The maximum Gasteiger partial charge on any atom is 0.0431 e. The molecule has 3 nitrogen and oxygen atoms in total. The number of nitrogens with zero attached hydrogens (tertiary/aromatic N) is 1. The van der Waals surface area contributed by atoms with E-state index >= 15 is 0 Å². The lowest BCUT2D eigenvalue weighted by atomic mass is 10.0. The second-order valence-electron chi connectivity index (χ2n) is 4.42. The van der Waals surface area contributed by atoms with Crippen molar-refractivity contribution in [3.8, 4) is 0 Å². The molecule has 1 aliphatic rings. The Morgan fingerprint density at radius 2 is 2.20 bits per heavy atom. The molecule has 0 saturated carbocycles. The van der Waals surface area contributed by atoms with E-state index in [1.165, 1.54) is 25.8 Å². The second-order valence-corrected chi connectivity index (χ2v) is 4.42. The monoisotopic (exact) mass is 214 g/mol. The van der Waals surface area contributed by atoms with Crippen LogP contribution in [0.5, 0.6) is 0 Å². The molecule has 0 aromatic carbocycles. The summed E-state index contributed by atoms with van der Waals surface area (Å²) < 4.78 is 0. The number of hydrogen-bond acceptors (Lipinski definition) is 3. The first-order valence-electron chi connectivity index (χ1n) is 6.44. The molecule has 0 aliphatic carbocycles. The molecule has 0 aromatic heterocycles. The molecule has 0 spiro atoms. The zero-order valence-corrected chi connectivity index (χ0v) is 10.0. The summed E-state index contributed by atoms with van der Waals surface area (Å²) >= 11 is 0. The van der Waals surface area contributed by atoms with Gasteiger partial charge in [0.2, 0.25) is 0 Å². The van der Waals surface area contributed by atoms with E-state index in [4.69, 9.17) is 5.11 Å². The molecule has 15 heavy (non-hydrogen) atoms. The summed E-state index contributed by atoms with van der Waals surface area (Å²) in [6.45, 7) is 7.12. The molecular formula is C12H26N2O. The van der Waals surface area contributed by atoms with Gasteiger partial charge in [-0.15, -0.1) is 0 Å². The molecule has 0 radical (unpaired) electrons. The maximum absolute atomic E-state index is 8.77. The minimum absolute atomic E-state index is 0.339. The van der Waals surface area contributed by atoms with E-state index in [1.54, 1.807) is 0 Å². The summed E-state index contributed by atoms with van der Waals surface area (Å²) in [7, 11) is 0. The van der Waals surface area contributed by atoms with E-state index in [1.807, 2.05) is 0 Å². The Bertz CT molecular complexity index is 153. The molecule has 0 aromatic rings. The molecule has 1 unspecified atom stereocenters. The van der Waals surface area contributed by atoms with Crippen LogP contribution in [0.4, 0.5) is 0 Å². The number of piperidine rings is 1. The standard InChI is InChI=1S/C12H26N2O/c1-2-13-11-12-7-3-4-8-14(12)9-5-6-10-15/h12-13,15H,2-11H2,1H3. The zero-order chi connectivity index (χ0) is 10.9. The highest BCUT2D eigenvalue weighted by Crippen LogP contribution is 2.16. The fourth-order valence-electron chi connectivity index (χ4n) is 2.32. The molecule has 1 saturated heterocycles. The summed E-state index contributed by atoms with van der Waals surface area (Å²) in [5, 5.41) is 12.2. The molecule has 1 aliphatic heterocycles. The van der Waals surface area contributed by atoms with Gasteiger partial charge in [0.05, 0.1) is 0 Å². The third kappa shape index (κ3) is 4.96. The third-order valence-electron chi connectivity index (χ3n) is 3.23. The molecule has 2 N–H and O–H groups in total. The molecule has 3 heteroatoms. The topological polar surface area (TPSA) is 35.5 Å². The zero-order valence-electron chi connectivity index (χ0n) is 10.0. The molecule has 0 bridgehead atoms. The first kappa shape index (κ1) is 12.9. The summed E-state index contributed by atoms with van der Waals surface area (Å²) in [4.78, 5) is 2.60. The maximum atomic E-state index is 8.77.